The van der Waals surface area contributed by atoms with Crippen LogP contribution in [0.3, 0.4) is 0 Å². The first-order valence-corrected chi connectivity index (χ1v) is 5.86. The van der Waals surface area contributed by atoms with E-state index in [4.69, 9.17) is 16.3 Å². The smallest absolute Gasteiger partial charge is 0.123 e. The maximum absolute atomic E-state index is 9.85. The van der Waals surface area contributed by atoms with Crippen LogP contribution < -0.4 is 4.74 Å². The molecular formula is C14H11ClO2. The molecule has 0 aromatic heterocycles. The fourth-order valence-electron chi connectivity index (χ4n) is 2.09. The zero-order valence-corrected chi connectivity index (χ0v) is 9.87. The monoisotopic (exact) mass is 246 g/mol. The van der Waals surface area contributed by atoms with Crippen LogP contribution in [0.25, 0.3) is 11.1 Å². The van der Waals surface area contributed by atoms with Gasteiger partial charge in [-0.2, -0.15) is 0 Å². The molecule has 1 aliphatic rings. The zero-order chi connectivity index (χ0) is 11.8. The van der Waals surface area contributed by atoms with Gasteiger partial charge in [0.1, 0.15) is 11.5 Å². The summed E-state index contributed by atoms with van der Waals surface area (Å²) < 4.78 is 5.45. The molecule has 17 heavy (non-hydrogen) atoms. The SMILES string of the molecule is Oc1ccc(Cl)cc1-c1ccc2c(c1)CCO2. The molecule has 0 aliphatic carbocycles. The Morgan fingerprint density at radius 3 is 2.88 bits per heavy atom. The Labute approximate surface area is 104 Å². The lowest BCUT2D eigenvalue weighted by atomic mass is 10.0. The average Bonchev–Trinajstić information content (AvgIpc) is 2.79. The summed E-state index contributed by atoms with van der Waals surface area (Å²) in [5.41, 5.74) is 2.91. The molecule has 0 spiro atoms. The van der Waals surface area contributed by atoms with Gasteiger partial charge in [0, 0.05) is 17.0 Å². The molecule has 0 atom stereocenters. The Hall–Kier alpha value is -1.67. The molecule has 3 heteroatoms. The highest BCUT2D eigenvalue weighted by molar-refractivity contribution is 6.31. The van der Waals surface area contributed by atoms with Gasteiger partial charge in [-0.15, -0.1) is 0 Å². The van der Waals surface area contributed by atoms with E-state index >= 15 is 0 Å². The lowest BCUT2D eigenvalue weighted by molar-refractivity contribution is 0.357. The second kappa shape index (κ2) is 3.97. The van der Waals surface area contributed by atoms with Crippen LogP contribution in [0.5, 0.6) is 11.5 Å². The second-order valence-corrected chi connectivity index (χ2v) is 4.52. The molecule has 0 amide bonds. The summed E-state index contributed by atoms with van der Waals surface area (Å²) >= 11 is 5.95. The predicted molar refractivity (Wildman–Crippen MR) is 67.8 cm³/mol. The van der Waals surface area contributed by atoms with Crippen LogP contribution in [0.2, 0.25) is 5.02 Å². The van der Waals surface area contributed by atoms with Crippen molar-refractivity contribution in [2.24, 2.45) is 0 Å². The molecule has 0 saturated carbocycles. The Morgan fingerprint density at radius 1 is 1.12 bits per heavy atom. The first kappa shape index (κ1) is 10.5. The largest absolute Gasteiger partial charge is 0.507 e. The van der Waals surface area contributed by atoms with Crippen LogP contribution in [-0.4, -0.2) is 11.7 Å². The highest BCUT2D eigenvalue weighted by Gasteiger charge is 2.14. The fraction of sp³-hybridized carbons (Fsp3) is 0.143. The van der Waals surface area contributed by atoms with E-state index in [1.54, 1.807) is 18.2 Å². The van der Waals surface area contributed by atoms with E-state index in [-0.39, 0.29) is 5.75 Å². The number of benzene rings is 2. The summed E-state index contributed by atoms with van der Waals surface area (Å²) in [6, 6.07) is 11.0. The Kier molecular flexibility index (Phi) is 2.45. The maximum Gasteiger partial charge on any atom is 0.123 e. The van der Waals surface area contributed by atoms with Gasteiger partial charge in [-0.25, -0.2) is 0 Å². The van der Waals surface area contributed by atoms with Gasteiger partial charge >= 0.3 is 0 Å². The van der Waals surface area contributed by atoms with Gasteiger partial charge in [0.25, 0.3) is 0 Å². The number of phenolic OH excluding ortho intramolecular Hbond substituents is 1. The number of phenols is 1. The van der Waals surface area contributed by atoms with Crippen LogP contribution in [0, 0.1) is 0 Å². The average molecular weight is 247 g/mol. The lowest BCUT2D eigenvalue weighted by Gasteiger charge is -2.07. The summed E-state index contributed by atoms with van der Waals surface area (Å²) in [5.74, 6) is 1.18. The molecule has 1 N–H and O–H groups in total. The molecule has 2 nitrogen and oxygen atoms in total. The van der Waals surface area contributed by atoms with Gasteiger partial charge in [0.15, 0.2) is 0 Å². The Balaban J connectivity index is 2.12. The molecule has 1 aliphatic heterocycles. The molecule has 2 aromatic carbocycles. The molecular weight excluding hydrogens is 236 g/mol. The summed E-state index contributed by atoms with van der Waals surface area (Å²) in [7, 11) is 0. The normalized spacial score (nSPS) is 13.2. The van der Waals surface area contributed by atoms with E-state index in [0.29, 0.717) is 5.02 Å². The number of halogens is 1. The standard InChI is InChI=1S/C14H11ClO2/c15-11-2-3-13(16)12(8-11)9-1-4-14-10(7-9)5-6-17-14/h1-4,7-8,16H,5-6H2. The van der Waals surface area contributed by atoms with Gasteiger partial charge in [0.05, 0.1) is 6.61 Å². The van der Waals surface area contributed by atoms with Crippen molar-refractivity contribution in [3.8, 4) is 22.6 Å². The van der Waals surface area contributed by atoms with Crippen molar-refractivity contribution in [1.82, 2.24) is 0 Å². The Morgan fingerprint density at radius 2 is 2.00 bits per heavy atom. The van der Waals surface area contributed by atoms with Crippen molar-refractivity contribution in [2.75, 3.05) is 6.61 Å². The number of aromatic hydroxyl groups is 1. The van der Waals surface area contributed by atoms with Gasteiger partial charge in [-0.1, -0.05) is 17.7 Å². The van der Waals surface area contributed by atoms with E-state index in [1.165, 1.54) is 5.56 Å². The third kappa shape index (κ3) is 1.85. The van der Waals surface area contributed by atoms with E-state index in [2.05, 4.69) is 0 Å². The number of rotatable bonds is 1. The van der Waals surface area contributed by atoms with Gasteiger partial charge < -0.3 is 9.84 Å². The van der Waals surface area contributed by atoms with Gasteiger partial charge in [-0.3, -0.25) is 0 Å². The third-order valence-corrected chi connectivity index (χ3v) is 3.19. The molecule has 0 radical (unpaired) electrons. The summed E-state index contributed by atoms with van der Waals surface area (Å²) in [6.45, 7) is 0.736. The predicted octanol–water partition coefficient (Wildman–Crippen LogP) is 3.65. The number of hydrogen-bond acceptors (Lipinski definition) is 2. The molecule has 0 bridgehead atoms. The van der Waals surface area contributed by atoms with E-state index < -0.39 is 0 Å². The number of hydrogen-bond donors (Lipinski definition) is 1. The minimum Gasteiger partial charge on any atom is -0.507 e. The highest BCUT2D eigenvalue weighted by atomic mass is 35.5. The highest BCUT2D eigenvalue weighted by Crippen LogP contribution is 2.35. The van der Waals surface area contributed by atoms with Crippen molar-refractivity contribution < 1.29 is 9.84 Å². The third-order valence-electron chi connectivity index (χ3n) is 2.96. The molecule has 86 valence electrons. The van der Waals surface area contributed by atoms with Crippen LogP contribution in [0.15, 0.2) is 36.4 Å². The van der Waals surface area contributed by atoms with Crippen LogP contribution in [-0.2, 0) is 6.42 Å². The first-order chi connectivity index (χ1) is 8.24. The van der Waals surface area contributed by atoms with Gasteiger partial charge in [-0.05, 0) is 41.5 Å². The molecule has 0 fully saturated rings. The molecule has 0 unspecified atom stereocenters. The lowest BCUT2D eigenvalue weighted by Crippen LogP contribution is -1.85. The molecule has 2 aromatic rings. The summed E-state index contributed by atoms with van der Waals surface area (Å²) in [5, 5.41) is 10.5. The van der Waals surface area contributed by atoms with Crippen molar-refractivity contribution in [1.29, 1.82) is 0 Å². The minimum absolute atomic E-state index is 0.244. The van der Waals surface area contributed by atoms with Crippen LogP contribution in [0.4, 0.5) is 0 Å². The summed E-state index contributed by atoms with van der Waals surface area (Å²) in [6.07, 6.45) is 0.921. The minimum atomic E-state index is 0.244. The summed E-state index contributed by atoms with van der Waals surface area (Å²) in [4.78, 5) is 0. The topological polar surface area (TPSA) is 29.5 Å². The van der Waals surface area contributed by atoms with Gasteiger partial charge in [0.2, 0.25) is 0 Å². The van der Waals surface area contributed by atoms with Crippen molar-refractivity contribution in [3.63, 3.8) is 0 Å². The molecule has 1 heterocycles. The van der Waals surface area contributed by atoms with Crippen LogP contribution >= 0.6 is 11.6 Å². The molecule has 3 rings (SSSR count). The van der Waals surface area contributed by atoms with E-state index in [1.807, 2.05) is 18.2 Å². The first-order valence-electron chi connectivity index (χ1n) is 5.49. The van der Waals surface area contributed by atoms with E-state index in [9.17, 15) is 5.11 Å². The second-order valence-electron chi connectivity index (χ2n) is 4.08. The fourth-order valence-corrected chi connectivity index (χ4v) is 2.27. The Bertz CT molecular complexity index is 578. The maximum atomic E-state index is 9.85. The number of ether oxygens (including phenoxy) is 1. The van der Waals surface area contributed by atoms with Crippen molar-refractivity contribution in [2.45, 2.75) is 6.42 Å². The van der Waals surface area contributed by atoms with Crippen LogP contribution in [0.1, 0.15) is 5.56 Å². The number of fused-ring (bicyclic) bond motifs is 1. The van der Waals surface area contributed by atoms with Crippen molar-refractivity contribution in [3.05, 3.63) is 47.0 Å². The van der Waals surface area contributed by atoms with E-state index in [0.717, 1.165) is 29.9 Å². The zero-order valence-electron chi connectivity index (χ0n) is 9.11. The molecule has 0 saturated heterocycles. The quantitative estimate of drug-likeness (QED) is 0.832. The van der Waals surface area contributed by atoms with Crippen molar-refractivity contribution >= 4 is 11.6 Å².